The van der Waals surface area contributed by atoms with Gasteiger partial charge in [-0.05, 0) is 48.7 Å². The third-order valence-corrected chi connectivity index (χ3v) is 6.06. The molecule has 0 saturated carbocycles. The molecule has 0 unspecified atom stereocenters. The summed E-state index contributed by atoms with van der Waals surface area (Å²) >= 11 is 0. The summed E-state index contributed by atoms with van der Waals surface area (Å²) < 4.78 is 37.2. The number of unbranched alkanes of at least 4 members (excludes halogenated alkanes) is 9. The van der Waals surface area contributed by atoms with Crippen LogP contribution in [0.25, 0.3) is 0 Å². The second-order valence-electron chi connectivity index (χ2n) is 7.75. The fourth-order valence-electron chi connectivity index (χ4n) is 3.45. The molecule has 0 amide bonds. The number of hydrogen-bond acceptors (Lipinski definition) is 4. The topological polar surface area (TPSA) is 86.7 Å². The van der Waals surface area contributed by atoms with E-state index >= 15 is 0 Å². The quantitative estimate of drug-likeness (QED) is 0.268. The molecule has 1 N–H and O–H groups in total. The van der Waals surface area contributed by atoms with Gasteiger partial charge in [0.15, 0.2) is 0 Å². The molecule has 0 aliphatic heterocycles. The van der Waals surface area contributed by atoms with Crippen LogP contribution in [0.1, 0.15) is 76.7 Å². The summed E-state index contributed by atoms with van der Waals surface area (Å²) in [5.74, 6) is 0.779. The number of aryl methyl sites for hydroxylation is 1. The second kappa shape index (κ2) is 14.9. The fraction of sp³-hybridized carbons (Fsp3) is 0.500. The van der Waals surface area contributed by atoms with Crippen molar-refractivity contribution < 1.29 is 52.4 Å². The maximum atomic E-state index is 11.8. The van der Waals surface area contributed by atoms with Crippen LogP contribution in [0, 0.1) is 0 Å². The Bertz CT molecular complexity index is 866. The first kappa shape index (κ1) is 28.0. The molecule has 0 aromatic heterocycles. The maximum Gasteiger partial charge on any atom is 1.00 e. The van der Waals surface area contributed by atoms with E-state index in [4.69, 9.17) is 9.29 Å². The van der Waals surface area contributed by atoms with Crippen molar-refractivity contribution in [2.24, 2.45) is 0 Å². The van der Waals surface area contributed by atoms with Gasteiger partial charge in [-0.1, -0.05) is 76.8 Å². The average molecular weight is 457 g/mol. The second-order valence-corrected chi connectivity index (χ2v) is 9.17. The Hall–Kier alpha value is -1.05. The number of rotatable bonds is 14. The van der Waals surface area contributed by atoms with Gasteiger partial charge in [0.1, 0.15) is 11.5 Å². The van der Waals surface area contributed by atoms with E-state index in [0.717, 1.165) is 24.8 Å². The molecule has 0 heterocycles. The standard InChI is InChI=1S/C24H34O5S.Na/c1-2-3-4-5-6-7-8-9-10-11-12-20-13-14-21(25)19-24(20)29-22-15-17-23(18-16-22)30(26,27)28;/h13-19,25H,2-12H2,1H3,(H,26,27,28);/q;+1/p-1. The average Bonchev–Trinajstić information content (AvgIpc) is 2.70. The molecule has 0 saturated heterocycles. The van der Waals surface area contributed by atoms with Crippen LogP contribution in [0.4, 0.5) is 0 Å². The Kier molecular flexibility index (Phi) is 13.5. The molecule has 7 heteroatoms. The predicted octanol–water partition coefficient (Wildman–Crippen LogP) is 3.27. The summed E-state index contributed by atoms with van der Waals surface area (Å²) in [4.78, 5) is -0.196. The van der Waals surface area contributed by atoms with Crippen LogP contribution in [0.3, 0.4) is 0 Å². The van der Waals surface area contributed by atoms with Crippen LogP contribution in [-0.2, 0) is 16.5 Å². The van der Waals surface area contributed by atoms with Crippen LogP contribution in [0.15, 0.2) is 47.4 Å². The van der Waals surface area contributed by atoms with Crippen molar-refractivity contribution in [3.05, 3.63) is 48.0 Å². The molecule has 2 aromatic rings. The minimum Gasteiger partial charge on any atom is -0.872 e. The van der Waals surface area contributed by atoms with Gasteiger partial charge >= 0.3 is 29.6 Å². The minimum atomic E-state index is -4.24. The first-order chi connectivity index (χ1) is 14.4. The van der Waals surface area contributed by atoms with Gasteiger partial charge in [0.2, 0.25) is 0 Å². The smallest absolute Gasteiger partial charge is 0.872 e. The van der Waals surface area contributed by atoms with Crippen molar-refractivity contribution in [2.45, 2.75) is 82.4 Å². The molecule has 5 nitrogen and oxygen atoms in total. The summed E-state index contributed by atoms with van der Waals surface area (Å²) in [6.45, 7) is 2.24. The molecule has 0 aliphatic carbocycles. The van der Waals surface area contributed by atoms with Gasteiger partial charge < -0.3 is 9.84 Å². The van der Waals surface area contributed by atoms with E-state index in [0.29, 0.717) is 11.5 Å². The normalized spacial score (nSPS) is 11.2. The van der Waals surface area contributed by atoms with Crippen molar-refractivity contribution in [1.29, 1.82) is 0 Å². The molecule has 0 aliphatic rings. The van der Waals surface area contributed by atoms with Gasteiger partial charge in [0, 0.05) is 0 Å². The Morgan fingerprint density at radius 3 is 1.94 bits per heavy atom. The summed E-state index contributed by atoms with van der Waals surface area (Å²) in [6, 6.07) is 10.3. The Morgan fingerprint density at radius 1 is 0.839 bits per heavy atom. The molecular weight excluding hydrogens is 423 g/mol. The molecule has 166 valence electrons. The van der Waals surface area contributed by atoms with E-state index in [2.05, 4.69) is 6.92 Å². The van der Waals surface area contributed by atoms with Gasteiger partial charge in [0.05, 0.1) is 4.90 Å². The first-order valence-corrected chi connectivity index (χ1v) is 12.4. The molecule has 2 rings (SSSR count). The Balaban J connectivity index is 0.00000480. The number of ether oxygens (including phenoxy) is 1. The van der Waals surface area contributed by atoms with E-state index in [1.807, 2.05) is 0 Å². The van der Waals surface area contributed by atoms with Crippen molar-refractivity contribution in [3.63, 3.8) is 0 Å². The van der Waals surface area contributed by atoms with Crippen molar-refractivity contribution >= 4 is 10.1 Å². The maximum absolute atomic E-state index is 11.8. The molecule has 0 radical (unpaired) electrons. The third-order valence-electron chi connectivity index (χ3n) is 5.19. The van der Waals surface area contributed by atoms with Crippen molar-refractivity contribution in [3.8, 4) is 17.2 Å². The van der Waals surface area contributed by atoms with Gasteiger partial charge in [0.25, 0.3) is 10.1 Å². The van der Waals surface area contributed by atoms with Gasteiger partial charge in [-0.15, -0.1) is 5.75 Å². The van der Waals surface area contributed by atoms with Crippen LogP contribution in [-0.4, -0.2) is 13.0 Å². The molecule has 0 spiro atoms. The van der Waals surface area contributed by atoms with Gasteiger partial charge in [-0.3, -0.25) is 4.55 Å². The summed E-state index contributed by atoms with van der Waals surface area (Å²) in [6.07, 6.45) is 13.5. The predicted molar refractivity (Wildman–Crippen MR) is 118 cm³/mol. The van der Waals surface area contributed by atoms with E-state index in [1.54, 1.807) is 12.1 Å². The minimum absolute atomic E-state index is 0. The molecule has 2 aromatic carbocycles. The van der Waals surface area contributed by atoms with Crippen LogP contribution in [0.2, 0.25) is 0 Å². The largest absolute Gasteiger partial charge is 1.00 e. The molecular formula is C24H33NaO5S. The van der Waals surface area contributed by atoms with Crippen LogP contribution in [0.5, 0.6) is 17.2 Å². The number of benzene rings is 2. The van der Waals surface area contributed by atoms with E-state index < -0.39 is 10.1 Å². The van der Waals surface area contributed by atoms with Crippen LogP contribution >= 0.6 is 0 Å². The summed E-state index contributed by atoms with van der Waals surface area (Å²) in [5, 5.41) is 11.8. The molecule has 31 heavy (non-hydrogen) atoms. The SMILES string of the molecule is CCCCCCCCCCCCc1ccc([O-])cc1Oc1ccc(S(=O)(=O)O)cc1.[Na+]. The zero-order chi connectivity index (χ0) is 21.8. The summed E-state index contributed by atoms with van der Waals surface area (Å²) in [5.41, 5.74) is 0.966. The Morgan fingerprint density at radius 2 is 1.39 bits per heavy atom. The monoisotopic (exact) mass is 456 g/mol. The molecule has 0 fully saturated rings. The fourth-order valence-corrected chi connectivity index (χ4v) is 3.93. The summed E-state index contributed by atoms with van der Waals surface area (Å²) in [7, 11) is -4.24. The van der Waals surface area contributed by atoms with Gasteiger partial charge in [-0.2, -0.15) is 8.42 Å². The first-order valence-electron chi connectivity index (χ1n) is 11.0. The van der Waals surface area contributed by atoms with E-state index in [1.165, 1.54) is 81.7 Å². The van der Waals surface area contributed by atoms with Crippen molar-refractivity contribution in [2.75, 3.05) is 0 Å². The Labute approximate surface area is 209 Å². The zero-order valence-corrected chi connectivity index (χ0v) is 21.6. The van der Waals surface area contributed by atoms with E-state index in [9.17, 15) is 13.5 Å². The van der Waals surface area contributed by atoms with E-state index in [-0.39, 0.29) is 40.2 Å². The van der Waals surface area contributed by atoms with Gasteiger partial charge in [-0.25, -0.2) is 0 Å². The zero-order valence-electron chi connectivity index (χ0n) is 18.8. The third kappa shape index (κ3) is 10.9. The molecule has 0 atom stereocenters. The van der Waals surface area contributed by atoms with Crippen molar-refractivity contribution in [1.82, 2.24) is 0 Å². The molecule has 0 bridgehead atoms. The number of hydrogen-bond donors (Lipinski definition) is 1. The van der Waals surface area contributed by atoms with Crippen LogP contribution < -0.4 is 39.4 Å².